The zero-order valence-electron chi connectivity index (χ0n) is 11.8. The minimum absolute atomic E-state index is 0.0791. The van der Waals surface area contributed by atoms with Crippen molar-refractivity contribution in [3.63, 3.8) is 0 Å². The summed E-state index contributed by atoms with van der Waals surface area (Å²) < 4.78 is 25.3. The quantitative estimate of drug-likeness (QED) is 0.805. The lowest BCUT2D eigenvalue weighted by molar-refractivity contribution is 0.0960. The zero-order chi connectivity index (χ0) is 15.6. The van der Waals surface area contributed by atoms with Crippen LogP contribution in [0.2, 0.25) is 0 Å². The highest BCUT2D eigenvalue weighted by Gasteiger charge is 2.15. The topological polar surface area (TPSA) is 92.5 Å². The Balaban J connectivity index is 2.03. The second-order valence-electron chi connectivity index (χ2n) is 4.76. The molecule has 0 aliphatic carbocycles. The lowest BCUT2D eigenvalue weighted by atomic mass is 10.2. The molecule has 0 bridgehead atoms. The number of fused-ring (bicyclic) bond motifs is 1. The van der Waals surface area contributed by atoms with Crippen molar-refractivity contribution in [3.8, 4) is 0 Å². The van der Waals surface area contributed by atoms with Crippen molar-refractivity contribution in [1.82, 2.24) is 9.62 Å². The molecule has 0 saturated carbocycles. The number of sulfonamides is 1. The van der Waals surface area contributed by atoms with E-state index in [0.717, 1.165) is 14.4 Å². The van der Waals surface area contributed by atoms with Gasteiger partial charge in [0.15, 0.2) is 0 Å². The van der Waals surface area contributed by atoms with E-state index in [1.165, 1.54) is 25.4 Å². The molecule has 6 nitrogen and oxygen atoms in total. The van der Waals surface area contributed by atoms with Gasteiger partial charge in [0.25, 0.3) is 5.91 Å². The Hall–Kier alpha value is -1.64. The van der Waals surface area contributed by atoms with Crippen LogP contribution in [0.5, 0.6) is 0 Å². The highest BCUT2D eigenvalue weighted by Crippen LogP contribution is 2.27. The fourth-order valence-electron chi connectivity index (χ4n) is 1.74. The van der Waals surface area contributed by atoms with E-state index >= 15 is 0 Å². The Morgan fingerprint density at radius 3 is 2.71 bits per heavy atom. The fraction of sp³-hybridized carbons (Fsp3) is 0.308. The van der Waals surface area contributed by atoms with Crippen molar-refractivity contribution in [2.75, 3.05) is 32.1 Å². The third-order valence-corrected chi connectivity index (χ3v) is 5.91. The number of nitrogens with two attached hydrogens (primary N) is 1. The smallest absolute Gasteiger partial charge is 0.261 e. The molecular weight excluding hydrogens is 310 g/mol. The highest BCUT2D eigenvalue weighted by molar-refractivity contribution is 7.89. The standard InChI is InChI=1S/C13H17N3O3S2/c1-16(2)21(18,19)6-5-15-13(17)12-8-9-7-10(14)3-4-11(9)20-12/h3-4,7-8H,5-6,14H2,1-2H3,(H,15,17). The van der Waals surface area contributed by atoms with E-state index in [4.69, 9.17) is 5.73 Å². The van der Waals surface area contributed by atoms with E-state index in [1.807, 2.05) is 6.07 Å². The van der Waals surface area contributed by atoms with Gasteiger partial charge in [-0.2, -0.15) is 0 Å². The number of thiophene rings is 1. The van der Waals surface area contributed by atoms with Crippen LogP contribution in [0, 0.1) is 0 Å². The van der Waals surface area contributed by atoms with Crippen molar-refractivity contribution in [3.05, 3.63) is 29.1 Å². The number of nitrogens with one attached hydrogen (secondary N) is 1. The van der Waals surface area contributed by atoms with Gasteiger partial charge in [-0.3, -0.25) is 4.79 Å². The number of anilines is 1. The number of nitrogen functional groups attached to an aromatic ring is 1. The number of hydrogen-bond donors (Lipinski definition) is 2. The molecule has 0 atom stereocenters. The summed E-state index contributed by atoms with van der Waals surface area (Å²) in [7, 11) is -0.369. The van der Waals surface area contributed by atoms with E-state index < -0.39 is 10.0 Å². The number of amides is 1. The summed E-state index contributed by atoms with van der Waals surface area (Å²) in [6.45, 7) is 0.0791. The molecule has 1 aromatic heterocycles. The van der Waals surface area contributed by atoms with Gasteiger partial charge in [-0.05, 0) is 29.7 Å². The molecular formula is C13H17N3O3S2. The molecule has 3 N–H and O–H groups in total. The molecule has 1 amide bonds. The van der Waals surface area contributed by atoms with Gasteiger partial charge in [0.2, 0.25) is 10.0 Å². The third-order valence-electron chi connectivity index (χ3n) is 2.97. The summed E-state index contributed by atoms with van der Waals surface area (Å²) in [4.78, 5) is 12.6. The number of nitrogens with zero attached hydrogens (tertiary/aromatic N) is 1. The number of carbonyl (C=O) groups is 1. The molecule has 0 unspecified atom stereocenters. The second kappa shape index (κ2) is 6.00. The maximum absolute atomic E-state index is 12.0. The minimum Gasteiger partial charge on any atom is -0.399 e. The average molecular weight is 327 g/mol. The van der Waals surface area contributed by atoms with Crippen LogP contribution in [0.3, 0.4) is 0 Å². The molecule has 1 heterocycles. The zero-order valence-corrected chi connectivity index (χ0v) is 13.4. The first-order valence-electron chi connectivity index (χ1n) is 6.27. The van der Waals surface area contributed by atoms with Crippen molar-refractivity contribution in [1.29, 1.82) is 0 Å². The Morgan fingerprint density at radius 2 is 2.05 bits per heavy atom. The predicted molar refractivity (Wildman–Crippen MR) is 86.0 cm³/mol. The minimum atomic E-state index is -3.30. The first-order chi connectivity index (χ1) is 9.79. The lowest BCUT2D eigenvalue weighted by Gasteiger charge is -2.11. The predicted octanol–water partition coefficient (Wildman–Crippen LogP) is 1.10. The van der Waals surface area contributed by atoms with E-state index in [0.29, 0.717) is 10.6 Å². The summed E-state index contributed by atoms with van der Waals surface area (Å²) in [6, 6.07) is 7.21. The summed E-state index contributed by atoms with van der Waals surface area (Å²) in [5.41, 5.74) is 6.34. The van der Waals surface area contributed by atoms with Crippen LogP contribution in [0.15, 0.2) is 24.3 Å². The van der Waals surface area contributed by atoms with Gasteiger partial charge in [0.1, 0.15) is 0 Å². The maximum Gasteiger partial charge on any atom is 0.261 e. The molecule has 114 valence electrons. The fourth-order valence-corrected chi connectivity index (χ4v) is 3.42. The van der Waals surface area contributed by atoms with Crippen LogP contribution < -0.4 is 11.1 Å². The van der Waals surface area contributed by atoms with Crippen molar-refractivity contribution in [2.45, 2.75) is 0 Å². The van der Waals surface area contributed by atoms with Crippen LogP contribution in [-0.2, 0) is 10.0 Å². The van der Waals surface area contributed by atoms with Gasteiger partial charge in [-0.1, -0.05) is 0 Å². The van der Waals surface area contributed by atoms with Crippen molar-refractivity contribution >= 4 is 43.0 Å². The van der Waals surface area contributed by atoms with E-state index in [9.17, 15) is 13.2 Å². The van der Waals surface area contributed by atoms with Crippen LogP contribution in [0.25, 0.3) is 10.1 Å². The molecule has 0 spiro atoms. The molecule has 2 aromatic rings. The van der Waals surface area contributed by atoms with E-state index in [2.05, 4.69) is 5.32 Å². The molecule has 8 heteroatoms. The maximum atomic E-state index is 12.0. The Bertz CT molecular complexity index is 766. The van der Waals surface area contributed by atoms with Crippen molar-refractivity contribution < 1.29 is 13.2 Å². The SMILES string of the molecule is CN(C)S(=O)(=O)CCNC(=O)c1cc2cc(N)ccc2s1. The van der Waals surface area contributed by atoms with Gasteiger partial charge in [0, 0.05) is 31.0 Å². The monoisotopic (exact) mass is 327 g/mol. The number of carbonyl (C=O) groups excluding carboxylic acids is 1. The molecule has 1 aromatic carbocycles. The van der Waals surface area contributed by atoms with Crippen LogP contribution in [0.1, 0.15) is 9.67 Å². The first-order valence-corrected chi connectivity index (χ1v) is 8.69. The molecule has 21 heavy (non-hydrogen) atoms. The summed E-state index contributed by atoms with van der Waals surface area (Å²) >= 11 is 1.35. The van der Waals surface area contributed by atoms with Gasteiger partial charge < -0.3 is 11.1 Å². The van der Waals surface area contributed by atoms with Crippen molar-refractivity contribution in [2.24, 2.45) is 0 Å². The Morgan fingerprint density at radius 1 is 1.33 bits per heavy atom. The molecule has 0 aliphatic heterocycles. The van der Waals surface area contributed by atoms with Crippen LogP contribution in [0.4, 0.5) is 5.69 Å². The number of rotatable bonds is 5. The first kappa shape index (κ1) is 15.7. The van der Waals surface area contributed by atoms with Gasteiger partial charge in [-0.15, -0.1) is 11.3 Å². The summed E-state index contributed by atoms with van der Waals surface area (Å²) in [5.74, 6) is -0.396. The number of benzene rings is 1. The second-order valence-corrected chi connectivity index (χ2v) is 8.15. The van der Waals surface area contributed by atoms with E-state index in [1.54, 1.807) is 18.2 Å². The molecule has 0 aliphatic rings. The Labute approximate surface area is 127 Å². The average Bonchev–Trinajstić information content (AvgIpc) is 2.81. The normalized spacial score (nSPS) is 12.0. The van der Waals surface area contributed by atoms with Gasteiger partial charge in [0.05, 0.1) is 10.6 Å². The molecule has 0 fully saturated rings. The molecule has 2 rings (SSSR count). The molecule has 0 saturated heterocycles. The van der Waals surface area contributed by atoms with Gasteiger partial charge in [-0.25, -0.2) is 12.7 Å². The molecule has 0 radical (unpaired) electrons. The summed E-state index contributed by atoms with van der Waals surface area (Å²) in [6.07, 6.45) is 0. The largest absolute Gasteiger partial charge is 0.399 e. The van der Waals surface area contributed by atoms with Crippen LogP contribution in [-0.4, -0.2) is 45.0 Å². The van der Waals surface area contributed by atoms with Gasteiger partial charge >= 0.3 is 0 Å². The third kappa shape index (κ3) is 3.72. The summed E-state index contributed by atoms with van der Waals surface area (Å²) in [5, 5.41) is 3.53. The Kier molecular flexibility index (Phi) is 4.50. The van der Waals surface area contributed by atoms with E-state index in [-0.39, 0.29) is 18.2 Å². The van der Waals surface area contributed by atoms with Crippen LogP contribution >= 0.6 is 11.3 Å². The number of hydrogen-bond acceptors (Lipinski definition) is 5. The lowest BCUT2D eigenvalue weighted by Crippen LogP contribution is -2.33. The highest BCUT2D eigenvalue weighted by atomic mass is 32.2.